The fourth-order valence-corrected chi connectivity index (χ4v) is 1.82. The van der Waals surface area contributed by atoms with Gasteiger partial charge in [-0.05, 0) is 32.4 Å². The summed E-state index contributed by atoms with van der Waals surface area (Å²) in [4.78, 5) is 4.06. The lowest BCUT2D eigenvalue weighted by Crippen LogP contribution is -2.05. The second-order valence-electron chi connectivity index (χ2n) is 3.91. The SMILES string of the molecule is Cc1nn(Cc2cccnc2Cl)c(C)c1C. The predicted octanol–water partition coefficient (Wildman–Crippen LogP) is 2.91. The van der Waals surface area contributed by atoms with Crippen molar-refractivity contribution in [2.24, 2.45) is 0 Å². The normalized spacial score (nSPS) is 10.8. The zero-order chi connectivity index (χ0) is 11.7. The fourth-order valence-electron chi connectivity index (χ4n) is 1.64. The van der Waals surface area contributed by atoms with Crippen molar-refractivity contribution >= 4 is 11.6 Å². The molecule has 0 fully saturated rings. The van der Waals surface area contributed by atoms with Gasteiger partial charge >= 0.3 is 0 Å². The van der Waals surface area contributed by atoms with E-state index in [9.17, 15) is 0 Å². The Bertz CT molecular complexity index is 517. The lowest BCUT2D eigenvalue weighted by Gasteiger charge is -2.05. The van der Waals surface area contributed by atoms with Crippen LogP contribution in [0.4, 0.5) is 0 Å². The molecule has 0 radical (unpaired) electrons. The van der Waals surface area contributed by atoms with Crippen LogP contribution in [-0.2, 0) is 6.54 Å². The summed E-state index contributed by atoms with van der Waals surface area (Å²) in [6.45, 7) is 6.84. The molecule has 2 aromatic heterocycles. The van der Waals surface area contributed by atoms with E-state index in [1.807, 2.05) is 23.7 Å². The molecule has 0 saturated carbocycles. The minimum Gasteiger partial charge on any atom is -0.265 e. The molecule has 0 N–H and O–H groups in total. The van der Waals surface area contributed by atoms with Gasteiger partial charge in [-0.3, -0.25) is 4.68 Å². The smallest absolute Gasteiger partial charge is 0.134 e. The molecular weight excluding hydrogens is 222 g/mol. The number of hydrogen-bond donors (Lipinski definition) is 0. The van der Waals surface area contributed by atoms with Crippen molar-refractivity contribution < 1.29 is 0 Å². The van der Waals surface area contributed by atoms with Crippen LogP contribution in [0.1, 0.15) is 22.5 Å². The first-order valence-corrected chi connectivity index (χ1v) is 5.57. The van der Waals surface area contributed by atoms with Gasteiger partial charge in [0.15, 0.2) is 0 Å². The molecule has 0 aromatic carbocycles. The Morgan fingerprint density at radius 2 is 2.06 bits per heavy atom. The van der Waals surface area contributed by atoms with Gasteiger partial charge in [-0.25, -0.2) is 4.98 Å². The number of aromatic nitrogens is 3. The minimum absolute atomic E-state index is 0.549. The molecule has 84 valence electrons. The summed E-state index contributed by atoms with van der Waals surface area (Å²) in [6.07, 6.45) is 1.69. The van der Waals surface area contributed by atoms with E-state index < -0.39 is 0 Å². The Hall–Kier alpha value is -1.35. The van der Waals surface area contributed by atoms with Crippen molar-refractivity contribution in [3.8, 4) is 0 Å². The number of nitrogens with zero attached hydrogens (tertiary/aromatic N) is 3. The average Bonchev–Trinajstić information content (AvgIpc) is 2.50. The first-order chi connectivity index (χ1) is 7.59. The molecule has 0 atom stereocenters. The third-order valence-electron chi connectivity index (χ3n) is 2.90. The number of halogens is 1. The molecule has 0 spiro atoms. The molecule has 0 aliphatic heterocycles. The molecule has 0 aliphatic carbocycles. The minimum atomic E-state index is 0.549. The summed E-state index contributed by atoms with van der Waals surface area (Å²) in [5, 5.41) is 5.03. The zero-order valence-corrected chi connectivity index (χ0v) is 10.4. The molecule has 0 aliphatic rings. The van der Waals surface area contributed by atoms with Crippen LogP contribution >= 0.6 is 11.6 Å². The van der Waals surface area contributed by atoms with E-state index in [1.165, 1.54) is 11.3 Å². The van der Waals surface area contributed by atoms with Crippen LogP contribution in [0, 0.1) is 20.8 Å². The monoisotopic (exact) mass is 235 g/mol. The maximum atomic E-state index is 6.02. The van der Waals surface area contributed by atoms with Gasteiger partial charge in [0.2, 0.25) is 0 Å². The summed E-state index contributed by atoms with van der Waals surface area (Å²) in [6, 6.07) is 3.86. The third-order valence-corrected chi connectivity index (χ3v) is 3.24. The summed E-state index contributed by atoms with van der Waals surface area (Å²) >= 11 is 6.02. The van der Waals surface area contributed by atoms with Gasteiger partial charge in [0.25, 0.3) is 0 Å². The van der Waals surface area contributed by atoms with Crippen molar-refractivity contribution in [2.75, 3.05) is 0 Å². The van der Waals surface area contributed by atoms with E-state index in [4.69, 9.17) is 11.6 Å². The van der Waals surface area contributed by atoms with E-state index in [1.54, 1.807) is 6.20 Å². The molecule has 0 unspecified atom stereocenters. The molecule has 0 amide bonds. The van der Waals surface area contributed by atoms with Gasteiger partial charge in [-0.15, -0.1) is 0 Å². The Morgan fingerprint density at radius 3 is 2.62 bits per heavy atom. The van der Waals surface area contributed by atoms with Crippen LogP contribution in [0.5, 0.6) is 0 Å². The fraction of sp³-hybridized carbons (Fsp3) is 0.333. The zero-order valence-electron chi connectivity index (χ0n) is 9.66. The molecular formula is C12H14ClN3. The highest BCUT2D eigenvalue weighted by atomic mass is 35.5. The van der Waals surface area contributed by atoms with Gasteiger partial charge in [-0.2, -0.15) is 5.10 Å². The van der Waals surface area contributed by atoms with Gasteiger partial charge in [0.1, 0.15) is 5.15 Å². The van der Waals surface area contributed by atoms with Crippen LogP contribution in [0.2, 0.25) is 5.15 Å². The molecule has 2 rings (SSSR count). The van der Waals surface area contributed by atoms with Crippen LogP contribution in [0.25, 0.3) is 0 Å². The average molecular weight is 236 g/mol. The predicted molar refractivity (Wildman–Crippen MR) is 64.8 cm³/mol. The Morgan fingerprint density at radius 1 is 1.31 bits per heavy atom. The Kier molecular flexibility index (Phi) is 2.97. The third kappa shape index (κ3) is 1.95. The largest absolute Gasteiger partial charge is 0.265 e. The standard InChI is InChI=1S/C12H14ClN3/c1-8-9(2)15-16(10(8)3)7-11-5-4-6-14-12(11)13/h4-6H,7H2,1-3H3. The first-order valence-electron chi connectivity index (χ1n) is 5.19. The van der Waals surface area contributed by atoms with Crippen molar-refractivity contribution in [1.82, 2.24) is 14.8 Å². The van der Waals surface area contributed by atoms with Crippen molar-refractivity contribution in [1.29, 1.82) is 0 Å². The molecule has 4 heteroatoms. The quantitative estimate of drug-likeness (QED) is 0.750. The van der Waals surface area contributed by atoms with E-state index in [0.29, 0.717) is 11.7 Å². The Balaban J connectivity index is 2.34. The topological polar surface area (TPSA) is 30.7 Å². The number of aryl methyl sites for hydroxylation is 1. The maximum absolute atomic E-state index is 6.02. The highest BCUT2D eigenvalue weighted by Gasteiger charge is 2.09. The lowest BCUT2D eigenvalue weighted by atomic mass is 10.2. The molecule has 0 saturated heterocycles. The second-order valence-corrected chi connectivity index (χ2v) is 4.26. The van der Waals surface area contributed by atoms with Crippen molar-refractivity contribution in [3.63, 3.8) is 0 Å². The van der Waals surface area contributed by atoms with Gasteiger partial charge in [0.05, 0.1) is 12.2 Å². The summed E-state index contributed by atoms with van der Waals surface area (Å²) in [5.41, 5.74) is 4.48. The van der Waals surface area contributed by atoms with Gasteiger partial charge in [0, 0.05) is 17.5 Å². The van der Waals surface area contributed by atoms with Crippen LogP contribution in [0.15, 0.2) is 18.3 Å². The van der Waals surface area contributed by atoms with Gasteiger partial charge < -0.3 is 0 Å². The number of pyridine rings is 1. The van der Waals surface area contributed by atoms with E-state index in [-0.39, 0.29) is 0 Å². The van der Waals surface area contributed by atoms with Crippen molar-refractivity contribution in [2.45, 2.75) is 27.3 Å². The number of rotatable bonds is 2. The first kappa shape index (κ1) is 11.1. The summed E-state index contributed by atoms with van der Waals surface area (Å²) in [5.74, 6) is 0. The highest BCUT2D eigenvalue weighted by molar-refractivity contribution is 6.30. The highest BCUT2D eigenvalue weighted by Crippen LogP contribution is 2.16. The van der Waals surface area contributed by atoms with Crippen LogP contribution in [-0.4, -0.2) is 14.8 Å². The van der Waals surface area contributed by atoms with E-state index in [2.05, 4.69) is 23.9 Å². The lowest BCUT2D eigenvalue weighted by molar-refractivity contribution is 0.657. The Labute approximate surface area is 100 Å². The second kappa shape index (κ2) is 4.26. The molecule has 3 nitrogen and oxygen atoms in total. The molecule has 2 heterocycles. The summed E-state index contributed by atoms with van der Waals surface area (Å²) < 4.78 is 1.97. The molecule has 0 bridgehead atoms. The summed E-state index contributed by atoms with van der Waals surface area (Å²) in [7, 11) is 0. The maximum Gasteiger partial charge on any atom is 0.134 e. The van der Waals surface area contributed by atoms with E-state index >= 15 is 0 Å². The van der Waals surface area contributed by atoms with Crippen molar-refractivity contribution in [3.05, 3.63) is 46.0 Å². The van der Waals surface area contributed by atoms with Crippen LogP contribution in [0.3, 0.4) is 0 Å². The number of hydrogen-bond acceptors (Lipinski definition) is 2. The van der Waals surface area contributed by atoms with Gasteiger partial charge in [-0.1, -0.05) is 17.7 Å². The molecule has 2 aromatic rings. The van der Waals surface area contributed by atoms with E-state index in [0.717, 1.165) is 11.3 Å². The van der Waals surface area contributed by atoms with Crippen LogP contribution < -0.4 is 0 Å². The molecule has 16 heavy (non-hydrogen) atoms.